The van der Waals surface area contributed by atoms with Crippen LogP contribution in [0, 0.1) is 23.1 Å². The summed E-state index contributed by atoms with van der Waals surface area (Å²) in [5.41, 5.74) is 2.69. The molecule has 4 rings (SSSR count). The molecule has 1 aliphatic heterocycles. The van der Waals surface area contributed by atoms with E-state index in [2.05, 4.69) is 33.4 Å². The van der Waals surface area contributed by atoms with Crippen molar-refractivity contribution in [2.45, 2.75) is 18.4 Å². The fourth-order valence-electron chi connectivity index (χ4n) is 3.84. The maximum atomic E-state index is 14.5. The van der Waals surface area contributed by atoms with Crippen molar-refractivity contribution >= 4 is 21.6 Å². The van der Waals surface area contributed by atoms with Crippen LogP contribution in [0.15, 0.2) is 53.0 Å². The van der Waals surface area contributed by atoms with Gasteiger partial charge in [0.2, 0.25) is 0 Å². The second-order valence-corrected chi connectivity index (χ2v) is 7.26. The van der Waals surface area contributed by atoms with Gasteiger partial charge in [0.05, 0.1) is 11.7 Å². The number of hydrogen-bond donors (Lipinski definition) is 1. The van der Waals surface area contributed by atoms with E-state index < -0.39 is 0 Å². The lowest BCUT2D eigenvalue weighted by molar-refractivity contribution is 0.367. The van der Waals surface area contributed by atoms with Gasteiger partial charge in [0.15, 0.2) is 6.61 Å². The molecule has 3 atom stereocenters. The van der Waals surface area contributed by atoms with Crippen LogP contribution in [0.2, 0.25) is 0 Å². The first-order valence-corrected chi connectivity index (χ1v) is 8.98. The van der Waals surface area contributed by atoms with Crippen molar-refractivity contribution in [1.29, 1.82) is 5.26 Å². The Morgan fingerprint density at radius 1 is 1.28 bits per heavy atom. The molecule has 0 amide bonds. The topological polar surface area (TPSA) is 45.0 Å². The van der Waals surface area contributed by atoms with Crippen LogP contribution in [0.3, 0.4) is 0 Å². The summed E-state index contributed by atoms with van der Waals surface area (Å²) < 4.78 is 20.6. The molecule has 2 aliphatic rings. The van der Waals surface area contributed by atoms with E-state index in [1.54, 1.807) is 0 Å². The standard InChI is InChI=1S/C20H16BrFN2O/c21-13-10-17-15-2-1-3-16(15)19(24-20(17)18(22)11-13)12-4-6-14(7-5-12)25-9-8-23/h1-2,4-7,10-11,15-16,19,24H,3,9H2/t15-,16+,19+/m1/s1. The number of rotatable bonds is 3. The molecule has 126 valence electrons. The number of halogens is 2. The summed E-state index contributed by atoms with van der Waals surface area (Å²) in [5.74, 6) is 0.995. The zero-order valence-corrected chi connectivity index (χ0v) is 15.0. The van der Waals surface area contributed by atoms with E-state index in [9.17, 15) is 4.39 Å². The van der Waals surface area contributed by atoms with Crippen LogP contribution in [0.4, 0.5) is 10.1 Å². The molecule has 3 nitrogen and oxygen atoms in total. The lowest BCUT2D eigenvalue weighted by atomic mass is 9.77. The Morgan fingerprint density at radius 2 is 2.08 bits per heavy atom. The van der Waals surface area contributed by atoms with Gasteiger partial charge in [0.25, 0.3) is 0 Å². The number of hydrogen-bond acceptors (Lipinski definition) is 3. The van der Waals surface area contributed by atoms with Crippen molar-refractivity contribution in [2.24, 2.45) is 5.92 Å². The normalized spacial score (nSPS) is 23.3. The maximum Gasteiger partial charge on any atom is 0.174 e. The molecule has 0 spiro atoms. The third-order valence-corrected chi connectivity index (χ3v) is 5.39. The first-order chi connectivity index (χ1) is 12.2. The van der Waals surface area contributed by atoms with E-state index in [1.165, 1.54) is 6.07 Å². The molecule has 0 bridgehead atoms. The minimum absolute atomic E-state index is 0.0309. The highest BCUT2D eigenvalue weighted by Crippen LogP contribution is 2.51. The monoisotopic (exact) mass is 398 g/mol. The number of allylic oxidation sites excluding steroid dienone is 2. The van der Waals surface area contributed by atoms with Gasteiger partial charge in [-0.1, -0.05) is 40.2 Å². The smallest absolute Gasteiger partial charge is 0.174 e. The fraction of sp³-hybridized carbons (Fsp3) is 0.250. The number of ether oxygens (including phenoxy) is 1. The Balaban J connectivity index is 1.68. The predicted molar refractivity (Wildman–Crippen MR) is 98.0 cm³/mol. The van der Waals surface area contributed by atoms with Crippen molar-refractivity contribution in [1.82, 2.24) is 0 Å². The molecule has 0 radical (unpaired) electrons. The number of benzene rings is 2. The number of fused-ring (bicyclic) bond motifs is 3. The second-order valence-electron chi connectivity index (χ2n) is 6.34. The maximum absolute atomic E-state index is 14.5. The first-order valence-electron chi connectivity index (χ1n) is 8.19. The minimum atomic E-state index is -0.234. The van der Waals surface area contributed by atoms with Gasteiger partial charge in [-0.2, -0.15) is 5.26 Å². The summed E-state index contributed by atoms with van der Waals surface area (Å²) in [6.45, 7) is 0.0309. The van der Waals surface area contributed by atoms with Crippen LogP contribution >= 0.6 is 15.9 Å². The van der Waals surface area contributed by atoms with E-state index in [-0.39, 0.29) is 24.4 Å². The summed E-state index contributed by atoms with van der Waals surface area (Å²) in [4.78, 5) is 0. The van der Waals surface area contributed by atoms with Gasteiger partial charge in [-0.3, -0.25) is 0 Å². The van der Waals surface area contributed by atoms with Crippen molar-refractivity contribution < 1.29 is 9.13 Å². The lowest BCUT2D eigenvalue weighted by Crippen LogP contribution is -2.29. The Kier molecular flexibility index (Phi) is 4.22. The van der Waals surface area contributed by atoms with E-state index in [1.807, 2.05) is 36.4 Å². The van der Waals surface area contributed by atoms with Crippen LogP contribution in [-0.2, 0) is 0 Å². The molecule has 1 N–H and O–H groups in total. The molecule has 2 aromatic rings. The van der Waals surface area contributed by atoms with Crippen LogP contribution in [-0.4, -0.2) is 6.61 Å². The Labute approximate surface area is 154 Å². The largest absolute Gasteiger partial charge is 0.479 e. The van der Waals surface area contributed by atoms with E-state index in [4.69, 9.17) is 10.00 Å². The van der Waals surface area contributed by atoms with E-state index >= 15 is 0 Å². The summed E-state index contributed by atoms with van der Waals surface area (Å²) in [6.07, 6.45) is 5.33. The predicted octanol–water partition coefficient (Wildman–Crippen LogP) is 5.32. The van der Waals surface area contributed by atoms with E-state index in [0.29, 0.717) is 17.4 Å². The molecule has 0 saturated heterocycles. The summed E-state index contributed by atoms with van der Waals surface area (Å²) in [6, 6.07) is 13.2. The molecule has 0 aromatic heterocycles. The molecule has 25 heavy (non-hydrogen) atoms. The van der Waals surface area contributed by atoms with Crippen molar-refractivity contribution in [3.63, 3.8) is 0 Å². The Hall–Kier alpha value is -2.32. The van der Waals surface area contributed by atoms with Gasteiger partial charge in [-0.15, -0.1) is 0 Å². The minimum Gasteiger partial charge on any atom is -0.479 e. The molecule has 1 heterocycles. The van der Waals surface area contributed by atoms with Crippen LogP contribution in [0.25, 0.3) is 0 Å². The van der Waals surface area contributed by atoms with E-state index in [0.717, 1.165) is 22.0 Å². The molecule has 5 heteroatoms. The highest BCUT2D eigenvalue weighted by Gasteiger charge is 2.39. The SMILES string of the molecule is N#CCOc1ccc([C@@H]2Nc3c(F)cc(Br)cc3[C@@H]3C=CC[C@@H]32)cc1. The molecule has 0 unspecified atom stereocenters. The Morgan fingerprint density at radius 3 is 2.84 bits per heavy atom. The highest BCUT2D eigenvalue weighted by atomic mass is 79.9. The average Bonchev–Trinajstić information content (AvgIpc) is 3.10. The molecule has 1 aliphatic carbocycles. The van der Waals surface area contributed by atoms with Gasteiger partial charge in [0, 0.05) is 10.4 Å². The van der Waals surface area contributed by atoms with Gasteiger partial charge < -0.3 is 10.1 Å². The second kappa shape index (κ2) is 6.53. The van der Waals surface area contributed by atoms with Gasteiger partial charge in [-0.05, 0) is 47.7 Å². The number of anilines is 1. The number of nitriles is 1. The van der Waals surface area contributed by atoms with Crippen LogP contribution < -0.4 is 10.1 Å². The number of nitrogens with one attached hydrogen (secondary N) is 1. The third-order valence-electron chi connectivity index (χ3n) is 4.93. The molecule has 0 saturated carbocycles. The average molecular weight is 399 g/mol. The quantitative estimate of drug-likeness (QED) is 0.711. The third kappa shape index (κ3) is 2.91. The summed E-state index contributed by atoms with van der Waals surface area (Å²) in [7, 11) is 0. The van der Waals surface area contributed by atoms with Gasteiger partial charge >= 0.3 is 0 Å². The Bertz CT molecular complexity index is 873. The van der Waals surface area contributed by atoms with Gasteiger partial charge in [-0.25, -0.2) is 4.39 Å². The summed E-state index contributed by atoms with van der Waals surface area (Å²) in [5, 5.41) is 12.0. The molecular weight excluding hydrogens is 383 g/mol. The highest BCUT2D eigenvalue weighted by molar-refractivity contribution is 9.10. The van der Waals surface area contributed by atoms with Gasteiger partial charge in [0.1, 0.15) is 17.6 Å². The zero-order valence-electron chi connectivity index (χ0n) is 13.4. The van der Waals surface area contributed by atoms with Crippen molar-refractivity contribution in [2.75, 3.05) is 11.9 Å². The lowest BCUT2D eigenvalue weighted by Gasteiger charge is -2.37. The van der Waals surface area contributed by atoms with Crippen molar-refractivity contribution in [3.8, 4) is 11.8 Å². The van der Waals surface area contributed by atoms with Crippen LogP contribution in [0.1, 0.15) is 29.5 Å². The molecule has 2 aromatic carbocycles. The summed E-state index contributed by atoms with van der Waals surface area (Å²) >= 11 is 3.40. The fourth-order valence-corrected chi connectivity index (χ4v) is 4.29. The number of nitrogens with zero attached hydrogens (tertiary/aromatic N) is 1. The first kappa shape index (κ1) is 16.2. The zero-order chi connectivity index (χ0) is 17.4. The van der Waals surface area contributed by atoms with Crippen LogP contribution in [0.5, 0.6) is 5.75 Å². The molecular formula is C20H16BrFN2O. The van der Waals surface area contributed by atoms with Crippen molar-refractivity contribution in [3.05, 3.63) is 70.0 Å². The molecule has 0 fully saturated rings.